The maximum atomic E-state index is 13.4. The summed E-state index contributed by atoms with van der Waals surface area (Å²) >= 11 is 0. The molecular formula is C12H15FN2O2. The molecule has 4 N–H and O–H groups in total. The Morgan fingerprint density at radius 2 is 2.18 bits per heavy atom. The lowest BCUT2D eigenvalue weighted by molar-refractivity contribution is -0.0198. The lowest BCUT2D eigenvalue weighted by Gasteiger charge is -2.32. The maximum Gasteiger partial charge on any atom is 0.248 e. The largest absolute Gasteiger partial charge is 0.373 e. The average molecular weight is 238 g/mol. The highest BCUT2D eigenvalue weighted by Gasteiger charge is 2.26. The van der Waals surface area contributed by atoms with Gasteiger partial charge in [-0.05, 0) is 31.0 Å². The molecule has 0 aliphatic heterocycles. The molecule has 1 aromatic carbocycles. The van der Waals surface area contributed by atoms with Crippen molar-refractivity contribution in [3.05, 3.63) is 35.1 Å². The number of nitrogens with two attached hydrogens (primary N) is 2. The molecule has 2 rings (SSSR count). The van der Waals surface area contributed by atoms with Crippen molar-refractivity contribution < 1.29 is 13.9 Å². The fourth-order valence-corrected chi connectivity index (χ4v) is 1.79. The summed E-state index contributed by atoms with van der Waals surface area (Å²) in [5, 5.41) is 0. The molecule has 0 saturated heterocycles. The zero-order valence-electron chi connectivity index (χ0n) is 9.36. The second-order valence-corrected chi connectivity index (χ2v) is 4.33. The highest BCUT2D eigenvalue weighted by atomic mass is 19.1. The molecule has 0 aromatic heterocycles. The Morgan fingerprint density at radius 1 is 1.47 bits per heavy atom. The summed E-state index contributed by atoms with van der Waals surface area (Å²) < 4.78 is 18.9. The molecule has 17 heavy (non-hydrogen) atoms. The van der Waals surface area contributed by atoms with Crippen LogP contribution in [0.5, 0.6) is 0 Å². The van der Waals surface area contributed by atoms with E-state index in [1.54, 1.807) is 0 Å². The van der Waals surface area contributed by atoms with E-state index >= 15 is 0 Å². The third kappa shape index (κ3) is 2.81. The molecule has 1 aliphatic carbocycles. The van der Waals surface area contributed by atoms with Gasteiger partial charge in [0.15, 0.2) is 0 Å². The van der Waals surface area contributed by atoms with Gasteiger partial charge in [-0.15, -0.1) is 0 Å². The van der Waals surface area contributed by atoms with E-state index in [1.807, 2.05) is 0 Å². The van der Waals surface area contributed by atoms with Crippen LogP contribution in [0.4, 0.5) is 4.39 Å². The van der Waals surface area contributed by atoms with E-state index in [2.05, 4.69) is 0 Å². The summed E-state index contributed by atoms with van der Waals surface area (Å²) in [6, 6.07) is 4.21. The minimum absolute atomic E-state index is 0.0987. The number of rotatable bonds is 4. The molecule has 0 bridgehead atoms. The Bertz CT molecular complexity index is 431. The van der Waals surface area contributed by atoms with E-state index in [0.29, 0.717) is 5.56 Å². The van der Waals surface area contributed by atoms with Gasteiger partial charge in [-0.3, -0.25) is 4.79 Å². The smallest absolute Gasteiger partial charge is 0.248 e. The van der Waals surface area contributed by atoms with Gasteiger partial charge in [0.05, 0.1) is 12.7 Å². The number of hydrogen-bond acceptors (Lipinski definition) is 3. The van der Waals surface area contributed by atoms with Crippen molar-refractivity contribution in [2.24, 2.45) is 11.5 Å². The zero-order chi connectivity index (χ0) is 12.4. The number of hydrogen-bond donors (Lipinski definition) is 2. The van der Waals surface area contributed by atoms with E-state index in [9.17, 15) is 9.18 Å². The summed E-state index contributed by atoms with van der Waals surface area (Å²) in [7, 11) is 0. The standard InChI is InChI=1S/C12H15FN2O2/c13-11-2-1-7(12(15)16)3-8(11)6-17-10-4-9(14)5-10/h1-3,9-10H,4-6,14H2,(H2,15,16). The minimum atomic E-state index is -0.572. The molecule has 1 saturated carbocycles. The molecule has 0 atom stereocenters. The first-order valence-corrected chi connectivity index (χ1v) is 5.51. The highest BCUT2D eigenvalue weighted by molar-refractivity contribution is 5.92. The number of carbonyl (C=O) groups excluding carboxylic acids is 1. The van der Waals surface area contributed by atoms with E-state index in [0.717, 1.165) is 12.8 Å². The number of ether oxygens (including phenoxy) is 1. The molecular weight excluding hydrogens is 223 g/mol. The summed E-state index contributed by atoms with van der Waals surface area (Å²) in [5.74, 6) is -0.962. The molecule has 1 aromatic rings. The molecule has 5 heteroatoms. The number of carbonyl (C=O) groups is 1. The molecule has 0 spiro atoms. The van der Waals surface area contributed by atoms with Crippen molar-refractivity contribution in [1.29, 1.82) is 0 Å². The fourth-order valence-electron chi connectivity index (χ4n) is 1.79. The van der Waals surface area contributed by atoms with Crippen LogP contribution in [0.2, 0.25) is 0 Å². The first kappa shape index (κ1) is 12.0. The monoisotopic (exact) mass is 238 g/mol. The van der Waals surface area contributed by atoms with Gasteiger partial charge < -0.3 is 16.2 Å². The number of halogens is 1. The van der Waals surface area contributed by atoms with Crippen LogP contribution in [0.25, 0.3) is 0 Å². The van der Waals surface area contributed by atoms with Crippen LogP contribution in [0.1, 0.15) is 28.8 Å². The quantitative estimate of drug-likeness (QED) is 0.819. The third-order valence-electron chi connectivity index (χ3n) is 2.94. The lowest BCUT2D eigenvalue weighted by Crippen LogP contribution is -2.41. The van der Waals surface area contributed by atoms with Gasteiger partial charge in [0, 0.05) is 17.2 Å². The van der Waals surface area contributed by atoms with Crippen LogP contribution < -0.4 is 11.5 Å². The Hall–Kier alpha value is -1.46. The van der Waals surface area contributed by atoms with Crippen molar-refractivity contribution >= 4 is 5.91 Å². The number of primary amides is 1. The van der Waals surface area contributed by atoms with E-state index < -0.39 is 11.7 Å². The van der Waals surface area contributed by atoms with Crippen LogP contribution in [0.3, 0.4) is 0 Å². The van der Waals surface area contributed by atoms with E-state index in [4.69, 9.17) is 16.2 Å². The highest BCUT2D eigenvalue weighted by Crippen LogP contribution is 2.23. The molecule has 0 unspecified atom stereocenters. The third-order valence-corrected chi connectivity index (χ3v) is 2.94. The number of benzene rings is 1. The predicted molar refractivity (Wildman–Crippen MR) is 60.7 cm³/mol. The summed E-state index contributed by atoms with van der Waals surface area (Å²) in [6.45, 7) is 0.143. The SMILES string of the molecule is NC(=O)c1ccc(F)c(COC2CC(N)C2)c1. The topological polar surface area (TPSA) is 78.3 Å². The predicted octanol–water partition coefficient (Wildman–Crippen LogP) is 0.931. The van der Waals surface area contributed by atoms with Gasteiger partial charge in [0.2, 0.25) is 5.91 Å². The fraction of sp³-hybridized carbons (Fsp3) is 0.417. The van der Waals surface area contributed by atoms with Gasteiger partial charge in [0.25, 0.3) is 0 Å². The Kier molecular flexibility index (Phi) is 3.40. The Morgan fingerprint density at radius 3 is 2.76 bits per heavy atom. The van der Waals surface area contributed by atoms with Crippen LogP contribution in [-0.2, 0) is 11.3 Å². The zero-order valence-corrected chi connectivity index (χ0v) is 9.36. The molecule has 1 aliphatic rings. The Balaban J connectivity index is 1.99. The van der Waals surface area contributed by atoms with Gasteiger partial charge in [0.1, 0.15) is 5.82 Å². The van der Waals surface area contributed by atoms with Crippen LogP contribution in [0, 0.1) is 5.82 Å². The van der Waals surface area contributed by atoms with Crippen molar-refractivity contribution in [3.63, 3.8) is 0 Å². The normalized spacial score (nSPS) is 23.2. The first-order chi connectivity index (χ1) is 8.06. The summed E-state index contributed by atoms with van der Waals surface area (Å²) in [4.78, 5) is 11.0. The second kappa shape index (κ2) is 4.81. The van der Waals surface area contributed by atoms with Crippen molar-refractivity contribution in [2.75, 3.05) is 0 Å². The van der Waals surface area contributed by atoms with Crippen LogP contribution in [-0.4, -0.2) is 18.1 Å². The van der Waals surface area contributed by atoms with E-state index in [-0.39, 0.29) is 24.3 Å². The van der Waals surface area contributed by atoms with Gasteiger partial charge in [-0.1, -0.05) is 0 Å². The first-order valence-electron chi connectivity index (χ1n) is 5.51. The van der Waals surface area contributed by atoms with E-state index in [1.165, 1.54) is 18.2 Å². The second-order valence-electron chi connectivity index (χ2n) is 4.33. The van der Waals surface area contributed by atoms with Crippen molar-refractivity contribution in [2.45, 2.75) is 31.6 Å². The lowest BCUT2D eigenvalue weighted by atomic mass is 9.90. The van der Waals surface area contributed by atoms with Crippen molar-refractivity contribution in [1.82, 2.24) is 0 Å². The number of amides is 1. The molecule has 1 fully saturated rings. The van der Waals surface area contributed by atoms with Crippen LogP contribution >= 0.6 is 0 Å². The van der Waals surface area contributed by atoms with Gasteiger partial charge in [-0.25, -0.2) is 4.39 Å². The summed E-state index contributed by atoms with van der Waals surface area (Å²) in [5.41, 5.74) is 11.4. The summed E-state index contributed by atoms with van der Waals surface area (Å²) in [6.07, 6.45) is 1.70. The van der Waals surface area contributed by atoms with Crippen LogP contribution in [0.15, 0.2) is 18.2 Å². The molecule has 92 valence electrons. The van der Waals surface area contributed by atoms with Gasteiger partial charge >= 0.3 is 0 Å². The minimum Gasteiger partial charge on any atom is -0.373 e. The Labute approximate surface area is 98.7 Å². The molecule has 4 nitrogen and oxygen atoms in total. The molecule has 1 amide bonds. The van der Waals surface area contributed by atoms with Crippen molar-refractivity contribution in [3.8, 4) is 0 Å². The molecule has 0 radical (unpaired) electrons. The molecule has 0 heterocycles. The maximum absolute atomic E-state index is 13.4. The average Bonchev–Trinajstić information content (AvgIpc) is 2.24. The van der Waals surface area contributed by atoms with Gasteiger partial charge in [-0.2, -0.15) is 0 Å².